The van der Waals surface area contributed by atoms with E-state index in [2.05, 4.69) is 22.2 Å². The van der Waals surface area contributed by atoms with Gasteiger partial charge in [-0.2, -0.15) is 13.2 Å². The molecule has 0 amide bonds. The zero-order valence-corrected chi connectivity index (χ0v) is 24.9. The van der Waals surface area contributed by atoms with Crippen LogP contribution >= 0.6 is 11.3 Å². The van der Waals surface area contributed by atoms with Crippen molar-refractivity contribution in [3.8, 4) is 22.1 Å². The molecule has 0 aliphatic rings. The first-order valence-electron chi connectivity index (χ1n) is 14.3. The van der Waals surface area contributed by atoms with E-state index in [0.29, 0.717) is 21.5 Å². The first-order valence-corrected chi connectivity index (χ1v) is 15.1. The molecule has 1 N–H and O–H groups in total. The summed E-state index contributed by atoms with van der Waals surface area (Å²) < 4.78 is 63.3. The normalized spacial score (nSPS) is 12.4. The van der Waals surface area contributed by atoms with E-state index in [1.807, 2.05) is 24.4 Å². The van der Waals surface area contributed by atoms with Gasteiger partial charge < -0.3 is 10.1 Å². The second kappa shape index (κ2) is 14.1. The zero-order chi connectivity index (χ0) is 31.1. The number of aromatic nitrogens is 2. The highest BCUT2D eigenvalue weighted by Gasteiger charge is 2.40. The van der Waals surface area contributed by atoms with Crippen LogP contribution in [0.1, 0.15) is 36.5 Å². The van der Waals surface area contributed by atoms with Crippen LogP contribution in [0.25, 0.3) is 20.8 Å². The summed E-state index contributed by atoms with van der Waals surface area (Å²) in [5.74, 6) is -3.00. The Bertz CT molecular complexity index is 1710. The molecule has 0 saturated heterocycles. The van der Waals surface area contributed by atoms with E-state index < -0.39 is 36.5 Å². The van der Waals surface area contributed by atoms with Gasteiger partial charge >= 0.3 is 6.18 Å². The number of carbonyl (C=O) groups is 1. The second-order valence-corrected chi connectivity index (χ2v) is 11.6. The zero-order valence-electron chi connectivity index (χ0n) is 24.0. The van der Waals surface area contributed by atoms with Gasteiger partial charge in [0.1, 0.15) is 11.5 Å². The van der Waals surface area contributed by atoms with Crippen LogP contribution in [0.15, 0.2) is 85.2 Å². The molecular weight excluding hydrogens is 590 g/mol. The maximum Gasteiger partial charge on any atom is 0.392 e. The number of nitrogens with zero attached hydrogens (tertiary/aromatic N) is 2. The molecule has 0 radical (unpaired) electrons. The van der Waals surface area contributed by atoms with E-state index in [4.69, 9.17) is 4.74 Å². The summed E-state index contributed by atoms with van der Waals surface area (Å²) in [6.45, 7) is 3.78. The number of Topliss-reactive ketones (excluding diaryl/α,β-unsaturated/α-hetero) is 1. The van der Waals surface area contributed by atoms with Crippen molar-refractivity contribution >= 4 is 27.3 Å². The van der Waals surface area contributed by atoms with Crippen LogP contribution < -0.4 is 10.1 Å². The SMILES string of the molecule is CCCNCc1ccc(-c2cc3nccc(Oc4ccc(CC(CC(=O)Cc5ccccc5)C(F)(F)F)cc4F)c3s2)nc1. The lowest BCUT2D eigenvalue weighted by molar-refractivity contribution is -0.178. The fraction of sp³-hybridized carbons (Fsp3) is 0.265. The minimum Gasteiger partial charge on any atom is -0.453 e. The average Bonchev–Trinajstić information content (AvgIpc) is 3.44. The van der Waals surface area contributed by atoms with Crippen LogP contribution in [0, 0.1) is 11.7 Å². The Labute approximate surface area is 257 Å². The summed E-state index contributed by atoms with van der Waals surface area (Å²) in [5.41, 5.74) is 3.28. The van der Waals surface area contributed by atoms with Gasteiger partial charge in [-0.25, -0.2) is 4.39 Å². The van der Waals surface area contributed by atoms with Crippen molar-refractivity contribution in [1.82, 2.24) is 15.3 Å². The lowest BCUT2D eigenvalue weighted by Crippen LogP contribution is -2.28. The van der Waals surface area contributed by atoms with Crippen LogP contribution in [-0.4, -0.2) is 28.5 Å². The lowest BCUT2D eigenvalue weighted by atomic mass is 9.91. The Morgan fingerprint density at radius 2 is 1.75 bits per heavy atom. The summed E-state index contributed by atoms with van der Waals surface area (Å²) in [5, 5.41) is 3.34. The standard InChI is InChI=1S/C34H31F4N3O2S/c1-2-13-39-20-24-8-10-28(41-21-24)32-19-29-33(44-32)31(12-14-40-29)43-30-11-9-23(17-27(30)35)15-25(34(36,37)38)18-26(42)16-22-6-4-3-5-7-22/h3-12,14,17,19,21,25,39H,2,13,15-16,18,20H2,1H3. The van der Waals surface area contributed by atoms with E-state index in [9.17, 15) is 18.0 Å². The molecule has 3 heterocycles. The van der Waals surface area contributed by atoms with Gasteiger partial charge in [0.05, 0.1) is 26.7 Å². The number of halogens is 4. The molecule has 5 nitrogen and oxygen atoms in total. The third-order valence-electron chi connectivity index (χ3n) is 7.09. The van der Waals surface area contributed by atoms with E-state index in [1.165, 1.54) is 23.5 Å². The fourth-order valence-electron chi connectivity index (χ4n) is 4.84. The van der Waals surface area contributed by atoms with Crippen LogP contribution in [0.3, 0.4) is 0 Å². The Balaban J connectivity index is 1.29. The molecule has 0 aliphatic heterocycles. The van der Waals surface area contributed by atoms with E-state index in [-0.39, 0.29) is 17.7 Å². The monoisotopic (exact) mass is 621 g/mol. The van der Waals surface area contributed by atoms with E-state index >= 15 is 4.39 Å². The van der Waals surface area contributed by atoms with Crippen LogP contribution in [-0.2, 0) is 24.2 Å². The number of thiophene rings is 1. The summed E-state index contributed by atoms with van der Waals surface area (Å²) in [6, 6.07) is 19.8. The summed E-state index contributed by atoms with van der Waals surface area (Å²) in [7, 11) is 0. The predicted octanol–water partition coefficient (Wildman–Crippen LogP) is 8.71. The van der Waals surface area contributed by atoms with Crippen molar-refractivity contribution in [3.63, 3.8) is 0 Å². The largest absolute Gasteiger partial charge is 0.453 e. The van der Waals surface area contributed by atoms with Crippen molar-refractivity contribution in [2.75, 3.05) is 6.54 Å². The van der Waals surface area contributed by atoms with Crippen LogP contribution in [0.4, 0.5) is 17.6 Å². The molecule has 2 aromatic carbocycles. The van der Waals surface area contributed by atoms with Gasteiger partial charge in [-0.3, -0.25) is 14.8 Å². The third kappa shape index (κ3) is 8.06. The smallest absolute Gasteiger partial charge is 0.392 e. The first-order chi connectivity index (χ1) is 21.2. The molecular formula is C34H31F4N3O2S. The van der Waals surface area contributed by atoms with Gasteiger partial charge in [-0.15, -0.1) is 11.3 Å². The van der Waals surface area contributed by atoms with E-state index in [1.54, 1.807) is 42.6 Å². The quantitative estimate of drug-likeness (QED) is 0.105. The number of carbonyl (C=O) groups excluding carboxylic acids is 1. The Kier molecular flexibility index (Phi) is 10.0. The molecule has 0 aliphatic carbocycles. The van der Waals surface area contributed by atoms with Crippen molar-refractivity contribution < 1.29 is 27.1 Å². The van der Waals surface area contributed by atoms with Gasteiger partial charge in [0.25, 0.3) is 0 Å². The number of nitrogens with one attached hydrogen (secondary N) is 1. The molecule has 44 heavy (non-hydrogen) atoms. The van der Waals surface area contributed by atoms with Gasteiger partial charge in [-0.05, 0) is 60.3 Å². The van der Waals surface area contributed by atoms with Crippen molar-refractivity contribution in [1.29, 1.82) is 0 Å². The highest BCUT2D eigenvalue weighted by atomic mass is 32.1. The number of pyridine rings is 2. The number of fused-ring (bicyclic) bond motifs is 1. The van der Waals surface area contributed by atoms with Gasteiger partial charge in [-0.1, -0.05) is 49.4 Å². The molecule has 3 aromatic heterocycles. The topological polar surface area (TPSA) is 64.1 Å². The number of hydrogen-bond acceptors (Lipinski definition) is 6. The minimum absolute atomic E-state index is 0.0860. The highest BCUT2D eigenvalue weighted by Crippen LogP contribution is 2.39. The molecule has 5 aromatic rings. The van der Waals surface area contributed by atoms with Gasteiger partial charge in [0.2, 0.25) is 0 Å². The Morgan fingerprint density at radius 1 is 0.955 bits per heavy atom. The maximum absolute atomic E-state index is 15.2. The van der Waals surface area contributed by atoms with Gasteiger partial charge in [0, 0.05) is 37.8 Å². The molecule has 10 heteroatoms. The molecule has 1 atom stereocenters. The molecule has 1 unspecified atom stereocenters. The maximum atomic E-state index is 15.2. The predicted molar refractivity (Wildman–Crippen MR) is 164 cm³/mol. The fourth-order valence-corrected chi connectivity index (χ4v) is 5.88. The highest BCUT2D eigenvalue weighted by molar-refractivity contribution is 7.22. The first kappa shape index (κ1) is 31.3. The second-order valence-electron chi connectivity index (χ2n) is 10.6. The minimum atomic E-state index is -4.61. The summed E-state index contributed by atoms with van der Waals surface area (Å²) in [4.78, 5) is 22.3. The van der Waals surface area contributed by atoms with Crippen LogP contribution in [0.5, 0.6) is 11.5 Å². The average molecular weight is 622 g/mol. The molecule has 0 fully saturated rings. The number of benzene rings is 2. The van der Waals surface area contributed by atoms with E-state index in [0.717, 1.165) is 41.7 Å². The number of hydrogen-bond donors (Lipinski definition) is 1. The molecule has 0 bridgehead atoms. The summed E-state index contributed by atoms with van der Waals surface area (Å²) >= 11 is 1.40. The van der Waals surface area contributed by atoms with Crippen LogP contribution in [0.2, 0.25) is 0 Å². The Hall–Kier alpha value is -4.15. The molecule has 0 spiro atoms. The molecule has 5 rings (SSSR count). The number of rotatable bonds is 13. The van der Waals surface area contributed by atoms with Crippen molar-refractivity contribution in [3.05, 3.63) is 108 Å². The number of alkyl halides is 3. The Morgan fingerprint density at radius 3 is 2.45 bits per heavy atom. The van der Waals surface area contributed by atoms with Crippen molar-refractivity contribution in [2.45, 2.75) is 45.3 Å². The van der Waals surface area contributed by atoms with Crippen molar-refractivity contribution in [2.24, 2.45) is 5.92 Å². The lowest BCUT2D eigenvalue weighted by Gasteiger charge is -2.20. The van der Waals surface area contributed by atoms with Gasteiger partial charge in [0.15, 0.2) is 11.6 Å². The molecule has 228 valence electrons. The summed E-state index contributed by atoms with van der Waals surface area (Å²) in [6.07, 6.45) is -1.47. The third-order valence-corrected chi connectivity index (χ3v) is 8.25. The number of ether oxygens (including phenoxy) is 1. The number of ketones is 1. The molecule has 0 saturated carbocycles.